The summed E-state index contributed by atoms with van der Waals surface area (Å²) in [5.74, 6) is -0.740. The number of halogens is 1. The number of phenols is 1. The SMILES string of the molecule is COc1ccc(/C=C2\NC(=S)N(c3ccccc3F)C2=O)cc1O. The van der Waals surface area contributed by atoms with Crippen molar-refractivity contribution in [1.29, 1.82) is 0 Å². The molecule has 1 amide bonds. The van der Waals surface area contributed by atoms with Gasteiger partial charge in [0.05, 0.1) is 12.8 Å². The van der Waals surface area contributed by atoms with Gasteiger partial charge in [0.25, 0.3) is 5.91 Å². The maximum Gasteiger partial charge on any atom is 0.281 e. The summed E-state index contributed by atoms with van der Waals surface area (Å²) in [6.45, 7) is 0. The fourth-order valence-corrected chi connectivity index (χ4v) is 2.64. The van der Waals surface area contributed by atoms with Crippen molar-refractivity contribution in [3.8, 4) is 11.5 Å². The second-order valence-electron chi connectivity index (χ2n) is 5.01. The van der Waals surface area contributed by atoms with Crippen molar-refractivity contribution in [3.63, 3.8) is 0 Å². The van der Waals surface area contributed by atoms with Crippen molar-refractivity contribution in [1.82, 2.24) is 5.32 Å². The molecule has 2 aromatic carbocycles. The van der Waals surface area contributed by atoms with E-state index < -0.39 is 11.7 Å². The van der Waals surface area contributed by atoms with Gasteiger partial charge in [0.1, 0.15) is 11.5 Å². The van der Waals surface area contributed by atoms with Crippen molar-refractivity contribution in [2.45, 2.75) is 0 Å². The van der Waals surface area contributed by atoms with Gasteiger partial charge in [-0.1, -0.05) is 18.2 Å². The Kier molecular flexibility index (Phi) is 4.18. The number of benzene rings is 2. The molecule has 0 unspecified atom stereocenters. The predicted octanol–water partition coefficient (Wildman–Crippen LogP) is 2.80. The average molecular weight is 344 g/mol. The van der Waals surface area contributed by atoms with E-state index >= 15 is 0 Å². The Balaban J connectivity index is 1.94. The fourth-order valence-electron chi connectivity index (χ4n) is 2.35. The normalized spacial score (nSPS) is 15.8. The molecule has 2 aromatic rings. The standard InChI is InChI=1S/C17H13FN2O3S/c1-23-15-7-6-10(9-14(15)21)8-12-16(22)20(17(24)19-12)13-5-3-2-4-11(13)18/h2-9,21H,1H3,(H,19,24)/b12-8-. The molecule has 1 fully saturated rings. The Morgan fingerprint density at radius 2 is 2.04 bits per heavy atom. The summed E-state index contributed by atoms with van der Waals surface area (Å²) < 4.78 is 18.9. The van der Waals surface area contributed by atoms with Crippen LogP contribution >= 0.6 is 12.2 Å². The topological polar surface area (TPSA) is 61.8 Å². The Morgan fingerprint density at radius 3 is 2.71 bits per heavy atom. The third kappa shape index (κ3) is 2.81. The Bertz CT molecular complexity index is 867. The summed E-state index contributed by atoms with van der Waals surface area (Å²) in [4.78, 5) is 13.6. The summed E-state index contributed by atoms with van der Waals surface area (Å²) in [6, 6.07) is 10.6. The van der Waals surface area contributed by atoms with Crippen LogP contribution in [0.2, 0.25) is 0 Å². The van der Waals surface area contributed by atoms with Crippen LogP contribution in [0, 0.1) is 5.82 Å². The van der Waals surface area contributed by atoms with Crippen LogP contribution in [0.4, 0.5) is 10.1 Å². The average Bonchev–Trinajstić information content (AvgIpc) is 2.82. The lowest BCUT2D eigenvalue weighted by Gasteiger charge is -2.14. The van der Waals surface area contributed by atoms with E-state index in [4.69, 9.17) is 17.0 Å². The van der Waals surface area contributed by atoms with Gasteiger partial charge >= 0.3 is 0 Å². The largest absolute Gasteiger partial charge is 0.504 e. The van der Waals surface area contributed by atoms with Crippen molar-refractivity contribution >= 4 is 35.0 Å². The van der Waals surface area contributed by atoms with Crippen LogP contribution in [-0.4, -0.2) is 23.2 Å². The molecule has 1 aliphatic rings. The zero-order valence-corrected chi connectivity index (χ0v) is 13.4. The molecule has 0 atom stereocenters. The molecule has 2 N–H and O–H groups in total. The Hall–Kier alpha value is -2.93. The lowest BCUT2D eigenvalue weighted by atomic mass is 10.1. The summed E-state index contributed by atoms with van der Waals surface area (Å²) in [7, 11) is 1.44. The predicted molar refractivity (Wildman–Crippen MR) is 92.3 cm³/mol. The van der Waals surface area contributed by atoms with Crippen LogP contribution < -0.4 is 15.0 Å². The zero-order valence-electron chi connectivity index (χ0n) is 12.6. The molecule has 0 aromatic heterocycles. The third-order valence-corrected chi connectivity index (χ3v) is 3.77. The molecule has 5 nitrogen and oxygen atoms in total. The number of anilines is 1. The summed E-state index contributed by atoms with van der Waals surface area (Å²) in [5.41, 5.74) is 0.844. The lowest BCUT2D eigenvalue weighted by Crippen LogP contribution is -2.31. The molecule has 1 aliphatic heterocycles. The first-order valence-electron chi connectivity index (χ1n) is 7.00. The number of phenolic OH excluding ortho intramolecular Hbond substituents is 1. The second-order valence-corrected chi connectivity index (χ2v) is 5.40. The van der Waals surface area contributed by atoms with Gasteiger partial charge in [-0.2, -0.15) is 0 Å². The van der Waals surface area contributed by atoms with E-state index in [0.29, 0.717) is 11.3 Å². The summed E-state index contributed by atoms with van der Waals surface area (Å²) >= 11 is 5.13. The van der Waals surface area contributed by atoms with E-state index in [1.165, 1.54) is 37.5 Å². The number of hydrogen-bond acceptors (Lipinski definition) is 4. The van der Waals surface area contributed by atoms with Crippen LogP contribution in [0.1, 0.15) is 5.56 Å². The number of para-hydroxylation sites is 1. The number of nitrogens with one attached hydrogen (secondary N) is 1. The highest BCUT2D eigenvalue weighted by molar-refractivity contribution is 7.80. The quantitative estimate of drug-likeness (QED) is 0.662. The van der Waals surface area contributed by atoms with Crippen LogP contribution in [0.15, 0.2) is 48.2 Å². The van der Waals surface area contributed by atoms with E-state index in [0.717, 1.165) is 4.90 Å². The number of ether oxygens (including phenoxy) is 1. The minimum Gasteiger partial charge on any atom is -0.504 e. The number of carbonyl (C=O) groups is 1. The monoisotopic (exact) mass is 344 g/mol. The molecule has 0 radical (unpaired) electrons. The molecule has 0 aliphatic carbocycles. The van der Waals surface area contributed by atoms with Crippen molar-refractivity contribution in [2.24, 2.45) is 0 Å². The highest BCUT2D eigenvalue weighted by Crippen LogP contribution is 2.29. The number of rotatable bonds is 3. The van der Waals surface area contributed by atoms with Crippen LogP contribution in [0.5, 0.6) is 11.5 Å². The van der Waals surface area contributed by atoms with Gasteiger partial charge in [-0.3, -0.25) is 4.79 Å². The first-order chi connectivity index (χ1) is 11.5. The number of amides is 1. The number of nitrogens with zero attached hydrogens (tertiary/aromatic N) is 1. The molecule has 0 saturated carbocycles. The molecule has 1 saturated heterocycles. The van der Waals surface area contributed by atoms with E-state index in [1.54, 1.807) is 18.2 Å². The van der Waals surface area contributed by atoms with E-state index in [1.807, 2.05) is 0 Å². The molecule has 3 rings (SSSR count). The fraction of sp³-hybridized carbons (Fsp3) is 0.0588. The first kappa shape index (κ1) is 15.9. The lowest BCUT2D eigenvalue weighted by molar-refractivity contribution is -0.113. The molecule has 24 heavy (non-hydrogen) atoms. The van der Waals surface area contributed by atoms with Crippen molar-refractivity contribution < 1.29 is 19.0 Å². The van der Waals surface area contributed by atoms with Gasteiger partial charge in [-0.15, -0.1) is 0 Å². The van der Waals surface area contributed by atoms with Crippen LogP contribution in [0.25, 0.3) is 6.08 Å². The van der Waals surface area contributed by atoms with Gasteiger partial charge in [-0.25, -0.2) is 9.29 Å². The number of methoxy groups -OCH3 is 1. The number of carbonyl (C=O) groups excluding carboxylic acids is 1. The smallest absolute Gasteiger partial charge is 0.281 e. The third-order valence-electron chi connectivity index (χ3n) is 3.49. The number of hydrogen-bond donors (Lipinski definition) is 2. The molecule has 0 spiro atoms. The maximum absolute atomic E-state index is 13.9. The number of thiocarbonyl (C=S) groups is 1. The van der Waals surface area contributed by atoms with Gasteiger partial charge in [0.15, 0.2) is 16.6 Å². The first-order valence-corrected chi connectivity index (χ1v) is 7.41. The van der Waals surface area contributed by atoms with Gasteiger partial charge in [0, 0.05) is 0 Å². The van der Waals surface area contributed by atoms with Gasteiger partial charge in [-0.05, 0) is 48.1 Å². The summed E-state index contributed by atoms with van der Waals surface area (Å²) in [6.07, 6.45) is 1.52. The number of aromatic hydroxyl groups is 1. The minimum absolute atomic E-state index is 0.0502. The maximum atomic E-state index is 13.9. The highest BCUT2D eigenvalue weighted by Gasteiger charge is 2.33. The van der Waals surface area contributed by atoms with E-state index in [9.17, 15) is 14.3 Å². The molecule has 7 heteroatoms. The van der Waals surface area contributed by atoms with Gasteiger partial charge < -0.3 is 15.2 Å². The Labute approximate surface area is 143 Å². The van der Waals surface area contributed by atoms with Crippen molar-refractivity contribution in [2.75, 3.05) is 12.0 Å². The van der Waals surface area contributed by atoms with Crippen LogP contribution in [0.3, 0.4) is 0 Å². The van der Waals surface area contributed by atoms with Crippen LogP contribution in [-0.2, 0) is 4.79 Å². The second kappa shape index (κ2) is 6.29. The van der Waals surface area contributed by atoms with E-state index in [-0.39, 0.29) is 22.2 Å². The molecule has 122 valence electrons. The Morgan fingerprint density at radius 1 is 1.29 bits per heavy atom. The molecule has 1 heterocycles. The molecular weight excluding hydrogens is 331 g/mol. The highest BCUT2D eigenvalue weighted by atomic mass is 32.1. The van der Waals surface area contributed by atoms with Gasteiger partial charge in [0.2, 0.25) is 0 Å². The zero-order chi connectivity index (χ0) is 17.3. The minimum atomic E-state index is -0.543. The van der Waals surface area contributed by atoms with Crippen molar-refractivity contribution in [3.05, 3.63) is 59.5 Å². The molecular formula is C17H13FN2O3S. The summed E-state index contributed by atoms with van der Waals surface area (Å²) in [5, 5.41) is 12.7. The van der Waals surface area contributed by atoms with E-state index in [2.05, 4.69) is 5.32 Å². The molecule has 0 bridgehead atoms.